The molecule has 5 amide bonds. The van der Waals surface area contributed by atoms with Crippen LogP contribution in [0, 0.1) is 0 Å². The molecule has 2 aromatic rings. The molecule has 21 heteroatoms. The molecule has 2 atom stereocenters. The Morgan fingerprint density at radius 2 is 0.918 bits per heavy atom. The number of carboxylic acid groups (broad SMARTS) is 1. The number of benzene rings is 2. The van der Waals surface area contributed by atoms with Crippen LogP contribution in [0.2, 0.25) is 0 Å². The van der Waals surface area contributed by atoms with Gasteiger partial charge in [-0.25, -0.2) is 14.4 Å². The fraction of sp³-hybridized carbons (Fsp3) is 0.688. The Morgan fingerprint density at radius 1 is 0.459 bits per heavy atom. The molecule has 0 spiro atoms. The van der Waals surface area contributed by atoms with Gasteiger partial charge in [0.1, 0.15) is 43.1 Å². The standard InChI is InChI=1S/C64H101N5O16/c1-63(2,3)84-59(74)33-20-18-16-14-12-10-8-7-9-11-13-15-17-19-32-56(71)68-54(61(77)85-64(4,5)6)34-35-55(70)66-37-39-79-41-44-82-47-58(73)67-38-40-80-42-43-81-46-57(72)65-36-26-25-31-53(60(75)76)69-62(78)83-45-52-50-29-23-21-27-48(50)49-28-22-24-30-51(49)52/h21-24,27-30,52-54H,7-20,25-26,31-47H2,1-6H3,(H,65,72)(H,66,70)(H,67,73)(H,68,71)(H,69,78)(H,75,76)/t53-,54+/m1/s1. The summed E-state index contributed by atoms with van der Waals surface area (Å²) < 4.78 is 38.1. The van der Waals surface area contributed by atoms with Gasteiger partial charge < -0.3 is 64.8 Å². The molecule has 0 saturated heterocycles. The molecule has 3 rings (SSSR count). The van der Waals surface area contributed by atoms with E-state index in [1.165, 1.54) is 44.9 Å². The monoisotopic (exact) mass is 1200 g/mol. The Hall–Kier alpha value is -6.16. The Bertz CT molecular complexity index is 2260. The molecule has 0 fully saturated rings. The van der Waals surface area contributed by atoms with E-state index in [1.54, 1.807) is 20.8 Å². The lowest BCUT2D eigenvalue weighted by atomic mass is 9.98. The summed E-state index contributed by atoms with van der Waals surface area (Å²) in [6.45, 7) is 12.5. The van der Waals surface area contributed by atoms with Crippen molar-refractivity contribution in [3.8, 4) is 11.1 Å². The van der Waals surface area contributed by atoms with Gasteiger partial charge in [0.05, 0.1) is 39.6 Å². The lowest BCUT2D eigenvalue weighted by molar-refractivity contribution is -0.159. The number of alkyl carbamates (subject to hydrolysis) is 1. The molecule has 0 heterocycles. The first-order valence-corrected chi connectivity index (χ1v) is 30.9. The van der Waals surface area contributed by atoms with Crippen LogP contribution in [0.3, 0.4) is 0 Å². The van der Waals surface area contributed by atoms with E-state index in [4.69, 9.17) is 33.2 Å². The first-order chi connectivity index (χ1) is 40.7. The minimum absolute atomic E-state index is 0.00203. The Morgan fingerprint density at radius 3 is 1.42 bits per heavy atom. The predicted molar refractivity (Wildman–Crippen MR) is 323 cm³/mol. The molecule has 0 bridgehead atoms. The van der Waals surface area contributed by atoms with Gasteiger partial charge in [-0.2, -0.15) is 0 Å². The summed E-state index contributed by atoms with van der Waals surface area (Å²) in [5, 5.41) is 23.1. The molecule has 0 radical (unpaired) electrons. The lowest BCUT2D eigenvalue weighted by Gasteiger charge is -2.24. The number of amides is 5. The van der Waals surface area contributed by atoms with E-state index in [1.807, 2.05) is 69.3 Å². The van der Waals surface area contributed by atoms with Gasteiger partial charge in [-0.1, -0.05) is 126 Å². The molecular weight excluding hydrogens is 1090 g/mol. The second-order valence-electron chi connectivity index (χ2n) is 23.5. The highest BCUT2D eigenvalue weighted by Gasteiger charge is 2.31. The average molecular weight is 1200 g/mol. The molecule has 85 heavy (non-hydrogen) atoms. The third-order valence-corrected chi connectivity index (χ3v) is 13.7. The van der Waals surface area contributed by atoms with Crippen LogP contribution >= 0.6 is 0 Å². The summed E-state index contributed by atoms with van der Waals surface area (Å²) in [5.41, 5.74) is 3.11. The average Bonchev–Trinajstić information content (AvgIpc) is 3.59. The summed E-state index contributed by atoms with van der Waals surface area (Å²) in [4.78, 5) is 99.1. The zero-order valence-electron chi connectivity index (χ0n) is 51.8. The molecule has 0 unspecified atom stereocenters. The number of carboxylic acids is 1. The van der Waals surface area contributed by atoms with Crippen LogP contribution in [0.5, 0.6) is 0 Å². The molecule has 0 saturated carbocycles. The maximum Gasteiger partial charge on any atom is 0.407 e. The smallest absolute Gasteiger partial charge is 0.407 e. The van der Waals surface area contributed by atoms with Crippen LogP contribution in [0.1, 0.15) is 193 Å². The molecule has 478 valence electrons. The van der Waals surface area contributed by atoms with Crippen LogP contribution in [0.4, 0.5) is 4.79 Å². The van der Waals surface area contributed by atoms with Crippen LogP contribution < -0.4 is 26.6 Å². The number of unbranched alkanes of at least 4 members (excludes halogenated alkanes) is 14. The first kappa shape index (κ1) is 73.1. The third-order valence-electron chi connectivity index (χ3n) is 13.7. The number of hydrogen-bond donors (Lipinski definition) is 6. The van der Waals surface area contributed by atoms with Crippen LogP contribution in [-0.2, 0) is 66.7 Å². The van der Waals surface area contributed by atoms with Crippen molar-refractivity contribution in [2.75, 3.05) is 79.1 Å². The number of nitrogens with one attached hydrogen (secondary N) is 5. The predicted octanol–water partition coefficient (Wildman–Crippen LogP) is 8.75. The number of esters is 2. The highest BCUT2D eigenvalue weighted by Crippen LogP contribution is 2.44. The Kier molecular flexibility index (Phi) is 36.7. The SMILES string of the molecule is CC(C)(C)OC(=O)CCCCCCCCCCCCCCCCC(=O)N[C@@H](CCC(=O)NCCOCCOCC(=O)NCCOCCOCC(=O)NCCCC[C@@H](NC(=O)OCC1c2ccccc2-c2ccccc21)C(=O)O)C(=O)OC(C)(C)C. The fourth-order valence-corrected chi connectivity index (χ4v) is 9.46. The first-order valence-electron chi connectivity index (χ1n) is 30.9. The van der Waals surface area contributed by atoms with Crippen molar-refractivity contribution in [3.05, 3.63) is 59.7 Å². The molecule has 0 aromatic heterocycles. The molecule has 6 N–H and O–H groups in total. The van der Waals surface area contributed by atoms with E-state index in [9.17, 15) is 43.5 Å². The van der Waals surface area contributed by atoms with Gasteiger partial charge in [0.15, 0.2) is 0 Å². The van der Waals surface area contributed by atoms with E-state index in [0.29, 0.717) is 32.2 Å². The van der Waals surface area contributed by atoms with Gasteiger partial charge in [0.2, 0.25) is 23.6 Å². The lowest BCUT2D eigenvalue weighted by Crippen LogP contribution is -2.44. The normalized spacial score (nSPS) is 12.7. The van der Waals surface area contributed by atoms with Gasteiger partial charge in [-0.3, -0.25) is 24.0 Å². The van der Waals surface area contributed by atoms with Gasteiger partial charge in [0, 0.05) is 44.8 Å². The number of ether oxygens (including phenoxy) is 7. The molecule has 21 nitrogen and oxygen atoms in total. The Labute approximate surface area is 504 Å². The summed E-state index contributed by atoms with van der Waals surface area (Å²) >= 11 is 0. The summed E-state index contributed by atoms with van der Waals surface area (Å²) in [5.74, 6) is -3.24. The van der Waals surface area contributed by atoms with Crippen molar-refractivity contribution in [2.45, 2.75) is 206 Å². The summed E-state index contributed by atoms with van der Waals surface area (Å²) in [6.07, 6.45) is 16.7. The van der Waals surface area contributed by atoms with E-state index in [0.717, 1.165) is 67.2 Å². The molecule has 0 aliphatic heterocycles. The van der Waals surface area contributed by atoms with Crippen LogP contribution in [-0.4, -0.2) is 155 Å². The maximum atomic E-state index is 13.0. The zero-order valence-corrected chi connectivity index (χ0v) is 51.8. The molecular formula is C64H101N5O16. The van der Waals surface area contributed by atoms with Crippen molar-refractivity contribution < 1.29 is 76.6 Å². The van der Waals surface area contributed by atoms with E-state index in [2.05, 4.69) is 26.6 Å². The van der Waals surface area contributed by atoms with Gasteiger partial charge >= 0.3 is 24.0 Å². The fourth-order valence-electron chi connectivity index (χ4n) is 9.46. The van der Waals surface area contributed by atoms with Crippen LogP contribution in [0.25, 0.3) is 11.1 Å². The van der Waals surface area contributed by atoms with E-state index >= 15 is 0 Å². The van der Waals surface area contributed by atoms with E-state index in [-0.39, 0.29) is 127 Å². The van der Waals surface area contributed by atoms with Crippen molar-refractivity contribution >= 4 is 47.6 Å². The second kappa shape index (κ2) is 42.6. The van der Waals surface area contributed by atoms with Gasteiger partial charge in [-0.05, 0) is 102 Å². The Balaban J connectivity index is 1.09. The second-order valence-corrected chi connectivity index (χ2v) is 23.5. The number of carbonyl (C=O) groups is 8. The van der Waals surface area contributed by atoms with Crippen LogP contribution in [0.15, 0.2) is 48.5 Å². The maximum absolute atomic E-state index is 13.0. The van der Waals surface area contributed by atoms with Gasteiger partial charge in [0.25, 0.3) is 0 Å². The highest BCUT2D eigenvalue weighted by molar-refractivity contribution is 5.86. The van der Waals surface area contributed by atoms with Crippen molar-refractivity contribution in [2.24, 2.45) is 0 Å². The molecule has 1 aliphatic carbocycles. The number of fused-ring (bicyclic) bond motifs is 3. The minimum Gasteiger partial charge on any atom is -0.480 e. The van der Waals surface area contributed by atoms with Crippen molar-refractivity contribution in [3.63, 3.8) is 0 Å². The summed E-state index contributed by atoms with van der Waals surface area (Å²) in [6, 6.07) is 13.8. The number of carbonyl (C=O) groups excluding carboxylic acids is 7. The number of rotatable bonds is 47. The largest absolute Gasteiger partial charge is 0.480 e. The molecule has 1 aliphatic rings. The highest BCUT2D eigenvalue weighted by atomic mass is 16.6. The number of aliphatic carboxylic acids is 1. The van der Waals surface area contributed by atoms with Gasteiger partial charge in [-0.15, -0.1) is 0 Å². The minimum atomic E-state index is -1.18. The summed E-state index contributed by atoms with van der Waals surface area (Å²) in [7, 11) is 0. The molecule has 2 aromatic carbocycles. The third kappa shape index (κ3) is 35.2. The van der Waals surface area contributed by atoms with Crippen molar-refractivity contribution in [1.82, 2.24) is 26.6 Å². The van der Waals surface area contributed by atoms with Crippen molar-refractivity contribution in [1.29, 1.82) is 0 Å². The zero-order chi connectivity index (χ0) is 62.1. The van der Waals surface area contributed by atoms with E-state index < -0.39 is 41.3 Å². The topological polar surface area (TPSA) is 282 Å². The number of hydrogen-bond acceptors (Lipinski definition) is 15. The quantitative estimate of drug-likeness (QED) is 0.0205.